The van der Waals surface area contributed by atoms with Crippen molar-refractivity contribution in [2.45, 2.75) is 181 Å². The molecule has 0 aromatic heterocycles. The minimum absolute atomic E-state index is 0.0120. The van der Waals surface area contributed by atoms with Crippen LogP contribution >= 0.6 is 0 Å². The summed E-state index contributed by atoms with van der Waals surface area (Å²) in [6, 6.07) is 80.4. The minimum Gasteiger partial charge on any atom is -0.490 e. The fourth-order valence-electron chi connectivity index (χ4n) is 12.4. The highest BCUT2D eigenvalue weighted by atomic mass is 16.5. The van der Waals surface area contributed by atoms with Crippen molar-refractivity contribution >= 4 is 75.4 Å². The zero-order chi connectivity index (χ0) is 121. The Morgan fingerprint density at radius 1 is 0.218 bits per heavy atom. The van der Waals surface area contributed by atoms with Crippen molar-refractivity contribution in [2.75, 3.05) is 91.9 Å². The van der Waals surface area contributed by atoms with Gasteiger partial charge in [-0.25, -0.2) is 0 Å². The molecule has 133 heavy (non-hydrogen) atoms. The molecule has 714 valence electrons. The zero-order valence-corrected chi connectivity index (χ0v) is 76.7. The molecule has 0 saturated heterocycles. The van der Waals surface area contributed by atoms with Crippen molar-refractivity contribution in [3.05, 3.63) is 297 Å². The molecule has 14 aromatic carbocycles. The molecule has 0 aliphatic rings. The van der Waals surface area contributed by atoms with Crippen LogP contribution in [0.1, 0.15) is 136 Å². The lowest BCUT2D eigenvalue weighted by molar-refractivity contribution is 0.105. The zero-order valence-electron chi connectivity index (χ0n) is 106. The van der Waals surface area contributed by atoms with Gasteiger partial charge in [0.1, 0.15) is 129 Å². The van der Waals surface area contributed by atoms with Crippen LogP contribution in [-0.4, -0.2) is 212 Å². The Bertz CT molecular complexity index is 6990. The highest BCUT2D eigenvalue weighted by Crippen LogP contribution is 2.32. The van der Waals surface area contributed by atoms with Crippen molar-refractivity contribution in [2.24, 2.45) is 0 Å². The molecule has 11 unspecified atom stereocenters. The van der Waals surface area contributed by atoms with E-state index in [1.165, 1.54) is 27.7 Å². The van der Waals surface area contributed by atoms with Crippen molar-refractivity contribution in [1.29, 1.82) is 0 Å². The molecule has 0 fully saturated rings. The Morgan fingerprint density at radius 2 is 0.406 bits per heavy atom. The van der Waals surface area contributed by atoms with Gasteiger partial charge in [0.25, 0.3) is 0 Å². The first-order chi connectivity index (χ1) is 74.7. The average Bonchev–Trinajstić information content (AvgIpc) is 0.718. The standard InChI is InChI=1S/7C16H21NO2/c7*1-12(2)17-10-14(18)11-19-16-9-5-7-13-6-3-4-8-15(13)16/h7*3-9,12,14,17-18H,10-11H2,1-2H3/i1D3,12D,14D;1D3,11D2,12D;1D3,10D2,12D;12D,14D;11D2,12D;10D2,12D;1D3,12D. The normalized spacial score (nSPS) is 19.3. The highest BCUT2D eigenvalue weighted by Gasteiger charge is 2.16. The maximum absolute atomic E-state index is 10.1. The van der Waals surface area contributed by atoms with E-state index in [0.717, 1.165) is 83.9 Å². The molecule has 0 saturated carbocycles. The first-order valence-electron chi connectivity index (χ1n) is 57.8. The van der Waals surface area contributed by atoms with Crippen LogP contribution in [0.25, 0.3) is 75.4 Å². The van der Waals surface area contributed by atoms with Gasteiger partial charge in [0.05, 0.1) is 8.22 Å². The first kappa shape index (κ1) is 71.5. The Balaban J connectivity index is 0.000000229. The lowest BCUT2D eigenvalue weighted by Gasteiger charge is -2.15. The fraction of sp³-hybridized carbons (Fsp3) is 0.375. The predicted molar refractivity (Wildman–Crippen MR) is 550 cm³/mol. The van der Waals surface area contributed by atoms with E-state index in [2.05, 4.69) is 37.2 Å². The summed E-state index contributed by atoms with van der Waals surface area (Å²) in [7, 11) is 0. The van der Waals surface area contributed by atoms with Gasteiger partial charge in [-0.05, 0) is 80.2 Å². The third kappa shape index (κ3) is 40.3. The van der Waals surface area contributed by atoms with E-state index >= 15 is 0 Å². The van der Waals surface area contributed by atoms with E-state index in [1.807, 2.05) is 237 Å². The second-order valence-electron chi connectivity index (χ2n) is 31.0. The molecule has 0 bridgehead atoms. The summed E-state index contributed by atoms with van der Waals surface area (Å²) in [4.78, 5) is 0. The number of benzene rings is 14. The fourth-order valence-corrected chi connectivity index (χ4v) is 12.4. The van der Waals surface area contributed by atoms with Gasteiger partial charge in [0, 0.05) is 157 Å². The summed E-state index contributed by atoms with van der Waals surface area (Å²) in [5.41, 5.74) is 0. The van der Waals surface area contributed by atoms with E-state index in [9.17, 15) is 35.7 Å². The lowest BCUT2D eigenvalue weighted by Crippen LogP contribution is -2.35. The minimum atomic E-state index is -2.75. The van der Waals surface area contributed by atoms with Crippen LogP contribution in [0.4, 0.5) is 0 Å². The quantitative estimate of drug-likeness (QED) is 0.0169. The van der Waals surface area contributed by atoms with Crippen LogP contribution in [0.2, 0.25) is 0 Å². The predicted octanol–water partition coefficient (Wildman–Crippen LogP) is 18.0. The molecule has 0 aliphatic carbocycles. The lowest BCUT2D eigenvalue weighted by atomic mass is 10.1. The molecule has 14 rings (SSSR count). The van der Waals surface area contributed by atoms with Gasteiger partial charge in [-0.15, -0.1) is 0 Å². The number of nitrogens with one attached hydrogen (secondary N) is 7. The average molecular weight is 1840 g/mol. The number of fused-ring (bicyclic) bond motifs is 7. The van der Waals surface area contributed by atoms with Crippen LogP contribution in [0.3, 0.4) is 0 Å². The molecule has 0 aliphatic heterocycles. The molecule has 14 N–H and O–H groups in total. The van der Waals surface area contributed by atoms with Crippen LogP contribution in [-0.2, 0) is 0 Å². The third-order valence-electron chi connectivity index (χ3n) is 18.8. The Labute approximate surface area is 829 Å². The number of hydrogen-bond acceptors (Lipinski definition) is 21. The molecule has 0 heterocycles. The number of rotatable bonds is 42. The van der Waals surface area contributed by atoms with Crippen molar-refractivity contribution < 1.29 is 109 Å². The van der Waals surface area contributed by atoms with Crippen molar-refractivity contribution in [3.63, 3.8) is 0 Å². The van der Waals surface area contributed by atoms with Gasteiger partial charge >= 0.3 is 0 Å². The van der Waals surface area contributed by atoms with Gasteiger partial charge in [0.15, 0.2) is 0 Å². The van der Waals surface area contributed by atoms with E-state index in [0.29, 0.717) is 39.9 Å². The topological polar surface area (TPSA) is 290 Å². The summed E-state index contributed by atoms with van der Waals surface area (Å²) >= 11 is 0. The molecular formula is C112H147N7O14. The molecular weight excluding hydrogens is 1670 g/mol. The van der Waals surface area contributed by atoms with Crippen molar-refractivity contribution in [1.82, 2.24) is 37.2 Å². The number of aliphatic hydroxyl groups excluding tert-OH is 5. The smallest absolute Gasteiger partial charge is 0.127 e. The summed E-state index contributed by atoms with van der Waals surface area (Å²) in [5.74, 6) is 3.56. The number of aliphatic hydroxyl groups is 7. The van der Waals surface area contributed by atoms with Gasteiger partial charge in [-0.1, -0.05) is 351 Å². The SMILES string of the molecule is [2H]C(C)(C)NC([2H])([2H])C(O)COc1cccc2ccccc12.[2H]C(C)(C)NCC(O)C([2H])([2H])Oc1cccc2ccccc12.[2H]C(O)(CNC([2H])(C)C([2H])([2H])[2H])COc1cccc2ccccc12.[2H]C(O)(CNC([2H])(C)C)COc1cccc2ccccc12.[2H]C([2H])(NC([2H])(C)C([2H])([2H])[2H])C(O)COc1cccc2ccccc12.[2H]C([2H])(Oc1cccc2ccccc12)C(O)CNC([2H])(C)C([2H])([2H])[2H].[2H]C([2H])([2H])C([2H])(C)NCC(O)COc1cccc2ccccc12. The number of hydrogen-bond donors (Lipinski definition) is 14. The molecule has 11 atom stereocenters. The molecule has 14 aromatic rings. The second-order valence-corrected chi connectivity index (χ2v) is 31.0. The van der Waals surface area contributed by atoms with E-state index in [-0.39, 0.29) is 51.8 Å². The van der Waals surface area contributed by atoms with Crippen LogP contribution < -0.4 is 70.4 Å². The first-order valence-corrected chi connectivity index (χ1v) is 43.3. The van der Waals surface area contributed by atoms with Crippen LogP contribution in [0.5, 0.6) is 40.2 Å². The van der Waals surface area contributed by atoms with Gasteiger partial charge in [-0.3, -0.25) is 0 Å². The summed E-state index contributed by atoms with van der Waals surface area (Å²) in [6.45, 7) is -7.65. The molecule has 21 nitrogen and oxygen atoms in total. The molecule has 0 spiro atoms. The van der Waals surface area contributed by atoms with Gasteiger partial charge in [0.2, 0.25) is 0 Å². The van der Waals surface area contributed by atoms with Gasteiger partial charge < -0.3 is 106 Å². The Hall–Kier alpha value is -11.1. The van der Waals surface area contributed by atoms with Crippen LogP contribution in [0, 0.1) is 0 Å². The summed E-state index contributed by atoms with van der Waals surface area (Å²) in [5, 5.41) is 100. The molecule has 0 amide bonds. The summed E-state index contributed by atoms with van der Waals surface area (Å²) < 4.78 is 259. The van der Waals surface area contributed by atoms with E-state index in [4.69, 9.17) is 72.9 Å². The maximum atomic E-state index is 10.1. The van der Waals surface area contributed by atoms with Crippen molar-refractivity contribution in [3.8, 4) is 40.2 Å². The maximum Gasteiger partial charge on any atom is 0.127 e. The monoisotopic (exact) mass is 1840 g/mol. The highest BCUT2D eigenvalue weighted by molar-refractivity contribution is 5.93. The summed E-state index contributed by atoms with van der Waals surface area (Å²) in [6.07, 6.45) is -10.9. The molecule has 0 radical (unpaired) electrons. The van der Waals surface area contributed by atoms with E-state index in [1.54, 1.807) is 88.4 Å². The number of ether oxygens (including phenoxy) is 7. The Kier molecular flexibility index (Phi) is 32.0. The van der Waals surface area contributed by atoms with Crippen LogP contribution in [0.15, 0.2) is 297 Å². The second kappa shape index (κ2) is 59.5. The third-order valence-corrected chi connectivity index (χ3v) is 18.8. The Morgan fingerprint density at radius 3 is 0.662 bits per heavy atom. The molecule has 21 heteroatoms. The van der Waals surface area contributed by atoms with Gasteiger partial charge in [-0.2, -0.15) is 0 Å². The van der Waals surface area contributed by atoms with E-state index < -0.39 is 158 Å². The largest absolute Gasteiger partial charge is 0.490 e.